The van der Waals surface area contributed by atoms with Crippen LogP contribution in [0.4, 0.5) is 0 Å². The largest absolute Gasteiger partial charge is 0.299 e. The summed E-state index contributed by atoms with van der Waals surface area (Å²) in [6.07, 6.45) is 1.67. The van der Waals surface area contributed by atoms with E-state index >= 15 is 0 Å². The van der Waals surface area contributed by atoms with Crippen LogP contribution < -0.4 is 0 Å². The Labute approximate surface area is 168 Å². The zero-order valence-electron chi connectivity index (χ0n) is 15.6. The molecule has 2 aromatic rings. The van der Waals surface area contributed by atoms with E-state index in [1.165, 1.54) is 0 Å². The molecule has 2 spiro atoms. The minimum Gasteiger partial charge on any atom is -0.299 e. The molecule has 2 atom stereocenters. The molecule has 2 fully saturated rings. The second kappa shape index (κ2) is 5.85. The third-order valence-corrected chi connectivity index (χ3v) is 7.34. The number of ketones is 3. The summed E-state index contributed by atoms with van der Waals surface area (Å²) in [5.41, 5.74) is -0.623. The Hall–Kier alpha value is -2.30. The van der Waals surface area contributed by atoms with Crippen molar-refractivity contribution in [3.05, 3.63) is 70.2 Å². The van der Waals surface area contributed by atoms with Gasteiger partial charge in [0.1, 0.15) is 5.78 Å². The molecule has 4 nitrogen and oxygen atoms in total. The van der Waals surface area contributed by atoms with Gasteiger partial charge in [0, 0.05) is 35.0 Å². The molecule has 0 radical (unpaired) electrons. The first-order valence-electron chi connectivity index (χ1n) is 9.63. The van der Waals surface area contributed by atoms with Gasteiger partial charge in [0.05, 0.1) is 5.41 Å². The van der Waals surface area contributed by atoms with Crippen LogP contribution in [0.15, 0.2) is 48.5 Å². The van der Waals surface area contributed by atoms with Crippen LogP contribution in [-0.2, 0) is 4.79 Å². The highest BCUT2D eigenvalue weighted by molar-refractivity contribution is 6.35. The quantitative estimate of drug-likeness (QED) is 0.689. The summed E-state index contributed by atoms with van der Waals surface area (Å²) < 4.78 is 0. The number of rotatable bonds is 1. The van der Waals surface area contributed by atoms with E-state index in [4.69, 9.17) is 11.6 Å². The maximum atomic E-state index is 13.7. The van der Waals surface area contributed by atoms with Crippen LogP contribution in [-0.4, -0.2) is 41.4 Å². The smallest absolute Gasteiger partial charge is 0.192 e. The number of hydrogen-bond donors (Lipinski definition) is 0. The van der Waals surface area contributed by atoms with Gasteiger partial charge < -0.3 is 0 Å². The summed E-state index contributed by atoms with van der Waals surface area (Å²) in [5.74, 6) is -0.622. The summed E-state index contributed by atoms with van der Waals surface area (Å²) in [7, 11) is 1.81. The number of hydrogen-bond acceptors (Lipinski definition) is 4. The Morgan fingerprint density at radius 1 is 0.964 bits per heavy atom. The number of nitrogens with zero attached hydrogens (tertiary/aromatic N) is 1. The Kier molecular flexibility index (Phi) is 3.71. The van der Waals surface area contributed by atoms with Crippen molar-refractivity contribution in [3.63, 3.8) is 0 Å². The molecule has 0 aromatic heterocycles. The highest BCUT2D eigenvalue weighted by Crippen LogP contribution is 2.63. The van der Waals surface area contributed by atoms with E-state index < -0.39 is 11.0 Å². The van der Waals surface area contributed by atoms with Crippen molar-refractivity contribution in [2.75, 3.05) is 13.6 Å². The number of carbonyl (C=O) groups excluding carboxylic acids is 3. The molecular weight excluding hydrogens is 374 g/mol. The lowest BCUT2D eigenvalue weighted by molar-refractivity contribution is -0.128. The molecule has 142 valence electrons. The number of fused-ring (bicyclic) bond motifs is 2. The van der Waals surface area contributed by atoms with E-state index in [1.54, 1.807) is 24.3 Å². The predicted octanol–water partition coefficient (Wildman–Crippen LogP) is 3.93. The van der Waals surface area contributed by atoms with E-state index in [9.17, 15) is 14.4 Å². The van der Waals surface area contributed by atoms with Crippen LogP contribution >= 0.6 is 11.6 Å². The zero-order valence-corrected chi connectivity index (χ0v) is 16.3. The van der Waals surface area contributed by atoms with Crippen LogP contribution in [0.5, 0.6) is 0 Å². The average Bonchev–Trinajstić information content (AvgIpc) is 3.28. The first kappa shape index (κ1) is 17.8. The maximum Gasteiger partial charge on any atom is 0.192 e. The molecule has 3 aliphatic rings. The van der Waals surface area contributed by atoms with Gasteiger partial charge in [-0.1, -0.05) is 48.0 Å². The summed E-state index contributed by atoms with van der Waals surface area (Å²) in [4.78, 5) is 42.8. The molecule has 0 unspecified atom stereocenters. The summed E-state index contributed by atoms with van der Waals surface area (Å²) >= 11 is 6.07. The van der Waals surface area contributed by atoms with Gasteiger partial charge >= 0.3 is 0 Å². The highest BCUT2D eigenvalue weighted by Gasteiger charge is 2.76. The van der Waals surface area contributed by atoms with Gasteiger partial charge in [0.2, 0.25) is 0 Å². The van der Waals surface area contributed by atoms with Crippen LogP contribution in [0.1, 0.15) is 51.5 Å². The van der Waals surface area contributed by atoms with E-state index in [0.29, 0.717) is 42.0 Å². The molecule has 2 aromatic carbocycles. The van der Waals surface area contributed by atoms with Crippen molar-refractivity contribution >= 4 is 29.0 Å². The normalized spacial score (nSPS) is 28.6. The summed E-state index contributed by atoms with van der Waals surface area (Å²) in [6, 6.07) is 14.4. The van der Waals surface area contributed by atoms with E-state index in [-0.39, 0.29) is 23.3 Å². The summed E-state index contributed by atoms with van der Waals surface area (Å²) in [6.45, 7) is 0.485. The Morgan fingerprint density at radius 3 is 2.11 bits per heavy atom. The molecule has 1 saturated carbocycles. The van der Waals surface area contributed by atoms with E-state index in [1.807, 2.05) is 36.2 Å². The van der Waals surface area contributed by atoms with Crippen molar-refractivity contribution in [2.24, 2.45) is 5.41 Å². The molecule has 5 rings (SSSR count). The molecule has 1 saturated heterocycles. The molecule has 2 aliphatic carbocycles. The van der Waals surface area contributed by atoms with Gasteiger partial charge in [0.25, 0.3) is 0 Å². The lowest BCUT2D eigenvalue weighted by Crippen LogP contribution is -2.62. The zero-order chi connectivity index (χ0) is 19.7. The fraction of sp³-hybridized carbons (Fsp3) is 0.348. The van der Waals surface area contributed by atoms with Crippen molar-refractivity contribution in [1.29, 1.82) is 0 Å². The van der Waals surface area contributed by atoms with Crippen molar-refractivity contribution < 1.29 is 14.4 Å². The molecule has 28 heavy (non-hydrogen) atoms. The Balaban J connectivity index is 1.77. The third kappa shape index (κ3) is 1.88. The van der Waals surface area contributed by atoms with Gasteiger partial charge in [-0.3, -0.25) is 19.3 Å². The van der Waals surface area contributed by atoms with Crippen LogP contribution in [0.2, 0.25) is 5.02 Å². The van der Waals surface area contributed by atoms with Gasteiger partial charge in [0.15, 0.2) is 17.1 Å². The molecule has 1 aliphatic heterocycles. The molecule has 0 bridgehead atoms. The maximum absolute atomic E-state index is 13.7. The number of benzene rings is 2. The molecule has 0 N–H and O–H groups in total. The standard InChI is InChI=1S/C23H20ClNO3/c1-25-13-18(14-8-10-15(24)11-9-14)22(12-4-7-19(22)26)23(25)20(27)16-5-2-3-6-17(16)21(23)28/h2-3,5-6,8-11,18H,4,7,12-13H2,1H3/t18-,22+/m0/s1. The second-order valence-corrected chi connectivity index (χ2v) is 8.58. The first-order chi connectivity index (χ1) is 13.4. The number of likely N-dealkylation sites (tertiary alicyclic amines) is 1. The minimum absolute atomic E-state index is 0.0336. The van der Waals surface area contributed by atoms with Crippen molar-refractivity contribution in [2.45, 2.75) is 30.7 Å². The fourth-order valence-electron chi connectivity index (χ4n) is 6.01. The van der Waals surface area contributed by atoms with Gasteiger partial charge in [-0.05, 0) is 37.6 Å². The monoisotopic (exact) mass is 393 g/mol. The molecule has 1 heterocycles. The molecule has 5 heteroatoms. The average molecular weight is 394 g/mol. The number of Topliss-reactive ketones (excluding diaryl/α,β-unsaturated/α-hetero) is 3. The SMILES string of the molecule is CN1C[C@@H](c2ccc(Cl)cc2)[C@@]2(CCCC2=O)C12C(=O)c1ccccc1C2=O. The summed E-state index contributed by atoms with van der Waals surface area (Å²) in [5, 5.41) is 0.622. The minimum atomic E-state index is -1.44. The van der Waals surface area contributed by atoms with Gasteiger partial charge in [-0.25, -0.2) is 0 Å². The fourth-order valence-corrected chi connectivity index (χ4v) is 6.14. The first-order valence-corrected chi connectivity index (χ1v) is 10.0. The van der Waals surface area contributed by atoms with Crippen LogP contribution in [0, 0.1) is 5.41 Å². The van der Waals surface area contributed by atoms with Crippen molar-refractivity contribution in [3.8, 4) is 0 Å². The predicted molar refractivity (Wildman–Crippen MR) is 106 cm³/mol. The third-order valence-electron chi connectivity index (χ3n) is 7.09. The Bertz CT molecular complexity index is 993. The van der Waals surface area contributed by atoms with Crippen LogP contribution in [0.3, 0.4) is 0 Å². The topological polar surface area (TPSA) is 54.5 Å². The number of halogens is 1. The second-order valence-electron chi connectivity index (χ2n) is 8.15. The van der Waals surface area contributed by atoms with Crippen molar-refractivity contribution in [1.82, 2.24) is 4.90 Å². The van der Waals surface area contributed by atoms with E-state index in [2.05, 4.69) is 0 Å². The van der Waals surface area contributed by atoms with Gasteiger partial charge in [-0.2, -0.15) is 0 Å². The molecular formula is C23H20ClNO3. The lowest BCUT2D eigenvalue weighted by Gasteiger charge is -2.42. The molecule has 0 amide bonds. The van der Waals surface area contributed by atoms with Crippen LogP contribution in [0.25, 0.3) is 0 Å². The Morgan fingerprint density at radius 2 is 1.57 bits per heavy atom. The van der Waals surface area contributed by atoms with E-state index in [0.717, 1.165) is 5.56 Å². The van der Waals surface area contributed by atoms with Gasteiger partial charge in [-0.15, -0.1) is 0 Å². The highest BCUT2D eigenvalue weighted by atomic mass is 35.5. The lowest BCUT2D eigenvalue weighted by atomic mass is 9.59. The number of likely N-dealkylation sites (N-methyl/N-ethyl adjacent to an activating group) is 1. The number of carbonyl (C=O) groups is 3.